The SMILES string of the molecule is NC1(C(=O)CBr)CCCC1. The van der Waals surface area contributed by atoms with Crippen molar-refractivity contribution in [1.29, 1.82) is 0 Å². The normalized spacial score (nSPS) is 23.0. The van der Waals surface area contributed by atoms with E-state index in [1.54, 1.807) is 0 Å². The van der Waals surface area contributed by atoms with Crippen LogP contribution in [0.4, 0.5) is 0 Å². The number of ketones is 1. The van der Waals surface area contributed by atoms with Crippen molar-refractivity contribution in [3.8, 4) is 0 Å². The van der Waals surface area contributed by atoms with E-state index in [0.717, 1.165) is 25.7 Å². The van der Waals surface area contributed by atoms with Crippen molar-refractivity contribution in [2.45, 2.75) is 31.2 Å². The third kappa shape index (κ3) is 1.40. The zero-order valence-electron chi connectivity index (χ0n) is 5.90. The quantitative estimate of drug-likeness (QED) is 0.690. The van der Waals surface area contributed by atoms with Crippen LogP contribution in [0.2, 0.25) is 0 Å². The molecule has 0 bridgehead atoms. The van der Waals surface area contributed by atoms with Crippen molar-refractivity contribution in [2.24, 2.45) is 5.73 Å². The third-order valence-electron chi connectivity index (χ3n) is 2.17. The maximum atomic E-state index is 11.2. The molecule has 58 valence electrons. The van der Waals surface area contributed by atoms with Crippen molar-refractivity contribution >= 4 is 21.7 Å². The summed E-state index contributed by atoms with van der Waals surface area (Å²) in [6.07, 6.45) is 3.96. The molecular weight excluding hydrogens is 194 g/mol. The Kier molecular flexibility index (Phi) is 2.47. The molecular formula is C7H12BrNO. The highest BCUT2D eigenvalue weighted by molar-refractivity contribution is 9.09. The molecule has 0 aliphatic heterocycles. The van der Waals surface area contributed by atoms with E-state index < -0.39 is 5.54 Å². The van der Waals surface area contributed by atoms with Crippen LogP contribution in [0.15, 0.2) is 0 Å². The Balaban J connectivity index is 2.58. The molecule has 2 nitrogen and oxygen atoms in total. The largest absolute Gasteiger partial charge is 0.319 e. The van der Waals surface area contributed by atoms with Gasteiger partial charge in [0, 0.05) is 0 Å². The molecule has 0 amide bonds. The van der Waals surface area contributed by atoms with Crippen molar-refractivity contribution in [3.05, 3.63) is 0 Å². The van der Waals surface area contributed by atoms with E-state index in [1.807, 2.05) is 0 Å². The Morgan fingerprint density at radius 1 is 1.50 bits per heavy atom. The van der Waals surface area contributed by atoms with E-state index in [0.29, 0.717) is 5.33 Å². The van der Waals surface area contributed by atoms with Gasteiger partial charge in [-0.25, -0.2) is 0 Å². The van der Waals surface area contributed by atoms with Gasteiger partial charge >= 0.3 is 0 Å². The van der Waals surface area contributed by atoms with Gasteiger partial charge in [-0.15, -0.1) is 0 Å². The maximum absolute atomic E-state index is 11.2. The number of carbonyl (C=O) groups excluding carboxylic acids is 1. The number of rotatable bonds is 2. The van der Waals surface area contributed by atoms with Crippen LogP contribution in [-0.2, 0) is 4.79 Å². The standard InChI is InChI=1S/C7H12BrNO/c8-5-6(10)7(9)3-1-2-4-7/h1-5,9H2. The van der Waals surface area contributed by atoms with Crippen molar-refractivity contribution < 1.29 is 4.79 Å². The first-order chi connectivity index (χ1) is 4.69. The fourth-order valence-corrected chi connectivity index (χ4v) is 1.98. The lowest BCUT2D eigenvalue weighted by Gasteiger charge is -2.19. The fourth-order valence-electron chi connectivity index (χ4n) is 1.42. The first kappa shape index (κ1) is 8.21. The molecule has 0 unspecified atom stereocenters. The molecule has 1 aliphatic carbocycles. The van der Waals surface area contributed by atoms with Gasteiger partial charge in [0.05, 0.1) is 10.9 Å². The van der Waals surface area contributed by atoms with Gasteiger partial charge in [-0.2, -0.15) is 0 Å². The second-order valence-electron chi connectivity index (χ2n) is 2.92. The predicted octanol–water partition coefficient (Wildman–Crippen LogP) is 1.22. The number of halogens is 1. The molecule has 2 N–H and O–H groups in total. The lowest BCUT2D eigenvalue weighted by Crippen LogP contribution is -2.45. The molecule has 1 saturated carbocycles. The summed E-state index contributed by atoms with van der Waals surface area (Å²) in [6, 6.07) is 0. The van der Waals surface area contributed by atoms with Gasteiger partial charge in [0.25, 0.3) is 0 Å². The molecule has 1 aliphatic rings. The summed E-state index contributed by atoms with van der Waals surface area (Å²) in [5.74, 6) is 0.157. The van der Waals surface area contributed by atoms with E-state index in [4.69, 9.17) is 5.73 Å². The molecule has 0 heterocycles. The molecule has 0 radical (unpaired) electrons. The van der Waals surface area contributed by atoms with Gasteiger partial charge < -0.3 is 5.73 Å². The van der Waals surface area contributed by atoms with E-state index in [1.165, 1.54) is 0 Å². The predicted molar refractivity (Wildman–Crippen MR) is 44.2 cm³/mol. The molecule has 1 fully saturated rings. The Labute approximate surface area is 69.3 Å². The summed E-state index contributed by atoms with van der Waals surface area (Å²) in [5.41, 5.74) is 5.35. The maximum Gasteiger partial charge on any atom is 0.163 e. The van der Waals surface area contributed by atoms with Gasteiger partial charge in [-0.3, -0.25) is 4.79 Å². The number of nitrogens with two attached hydrogens (primary N) is 1. The molecule has 0 saturated heterocycles. The first-order valence-electron chi connectivity index (χ1n) is 3.57. The highest BCUT2D eigenvalue weighted by Crippen LogP contribution is 2.28. The number of hydrogen-bond donors (Lipinski definition) is 1. The summed E-state index contributed by atoms with van der Waals surface area (Å²) in [5, 5.41) is 0.406. The number of alkyl halides is 1. The third-order valence-corrected chi connectivity index (χ3v) is 2.68. The fraction of sp³-hybridized carbons (Fsp3) is 0.857. The van der Waals surface area contributed by atoms with Gasteiger partial charge in [0.1, 0.15) is 0 Å². The highest BCUT2D eigenvalue weighted by atomic mass is 79.9. The number of Topliss-reactive ketones (excluding diaryl/α,β-unsaturated/α-hetero) is 1. The zero-order valence-corrected chi connectivity index (χ0v) is 7.49. The second kappa shape index (κ2) is 3.01. The van der Waals surface area contributed by atoms with Crippen LogP contribution in [0.25, 0.3) is 0 Å². The summed E-state index contributed by atoms with van der Waals surface area (Å²) >= 11 is 3.13. The number of hydrogen-bond acceptors (Lipinski definition) is 2. The average Bonchev–Trinajstić information content (AvgIpc) is 2.36. The molecule has 0 spiro atoms. The lowest BCUT2D eigenvalue weighted by atomic mass is 9.95. The number of carbonyl (C=O) groups is 1. The minimum atomic E-state index is -0.483. The molecule has 0 aromatic rings. The molecule has 0 aromatic carbocycles. The molecule has 0 atom stereocenters. The zero-order chi connectivity index (χ0) is 7.61. The Morgan fingerprint density at radius 2 is 2.00 bits per heavy atom. The smallest absolute Gasteiger partial charge is 0.163 e. The van der Waals surface area contributed by atoms with Crippen LogP contribution in [0.3, 0.4) is 0 Å². The van der Waals surface area contributed by atoms with Crippen LogP contribution in [0.1, 0.15) is 25.7 Å². The minimum absolute atomic E-state index is 0.157. The van der Waals surface area contributed by atoms with Gasteiger partial charge in [0.2, 0.25) is 0 Å². The summed E-state index contributed by atoms with van der Waals surface area (Å²) in [7, 11) is 0. The van der Waals surface area contributed by atoms with E-state index in [-0.39, 0.29) is 5.78 Å². The average molecular weight is 206 g/mol. The molecule has 10 heavy (non-hydrogen) atoms. The van der Waals surface area contributed by atoms with E-state index >= 15 is 0 Å². The van der Waals surface area contributed by atoms with Crippen LogP contribution >= 0.6 is 15.9 Å². The van der Waals surface area contributed by atoms with Gasteiger partial charge in [-0.1, -0.05) is 28.8 Å². The summed E-state index contributed by atoms with van der Waals surface area (Å²) in [4.78, 5) is 11.2. The van der Waals surface area contributed by atoms with Crippen molar-refractivity contribution in [2.75, 3.05) is 5.33 Å². The Morgan fingerprint density at radius 3 is 2.40 bits per heavy atom. The minimum Gasteiger partial charge on any atom is -0.319 e. The van der Waals surface area contributed by atoms with Crippen LogP contribution in [0.5, 0.6) is 0 Å². The van der Waals surface area contributed by atoms with Crippen LogP contribution < -0.4 is 5.73 Å². The lowest BCUT2D eigenvalue weighted by molar-refractivity contribution is -0.121. The van der Waals surface area contributed by atoms with Crippen molar-refractivity contribution in [3.63, 3.8) is 0 Å². The van der Waals surface area contributed by atoms with E-state index in [9.17, 15) is 4.79 Å². The summed E-state index contributed by atoms with van der Waals surface area (Å²) in [6.45, 7) is 0. The van der Waals surface area contributed by atoms with Gasteiger partial charge in [0.15, 0.2) is 5.78 Å². The van der Waals surface area contributed by atoms with Crippen LogP contribution in [0, 0.1) is 0 Å². The highest BCUT2D eigenvalue weighted by Gasteiger charge is 2.35. The Bertz CT molecular complexity index is 141. The molecule has 3 heteroatoms. The molecule has 1 rings (SSSR count). The van der Waals surface area contributed by atoms with Gasteiger partial charge in [-0.05, 0) is 12.8 Å². The topological polar surface area (TPSA) is 43.1 Å². The second-order valence-corrected chi connectivity index (χ2v) is 3.48. The first-order valence-corrected chi connectivity index (χ1v) is 4.69. The van der Waals surface area contributed by atoms with E-state index in [2.05, 4.69) is 15.9 Å². The monoisotopic (exact) mass is 205 g/mol. The Hall–Kier alpha value is 0.110. The van der Waals surface area contributed by atoms with Crippen molar-refractivity contribution in [1.82, 2.24) is 0 Å². The molecule has 0 aromatic heterocycles. The van der Waals surface area contributed by atoms with Crippen LogP contribution in [-0.4, -0.2) is 16.7 Å². The summed E-state index contributed by atoms with van der Waals surface area (Å²) < 4.78 is 0.